The third kappa shape index (κ3) is 4.93. The Hall–Kier alpha value is -3.22. The number of carbonyl (C=O) groups is 2. The maximum absolute atomic E-state index is 12.9. The van der Waals surface area contributed by atoms with Crippen molar-refractivity contribution in [3.8, 4) is 23.0 Å². The highest BCUT2D eigenvalue weighted by atomic mass is 16.6. The number of carbonyl (C=O) groups excluding carboxylic acids is 2. The van der Waals surface area contributed by atoms with Gasteiger partial charge in [0.1, 0.15) is 13.2 Å². The van der Waals surface area contributed by atoms with E-state index in [0.717, 1.165) is 0 Å². The molecule has 0 aromatic heterocycles. The number of likely N-dealkylation sites (tertiary alicyclic amines) is 1. The normalized spacial score (nSPS) is 16.0. The van der Waals surface area contributed by atoms with Gasteiger partial charge in [0, 0.05) is 24.6 Å². The minimum atomic E-state index is -0.105. The first-order valence-corrected chi connectivity index (χ1v) is 10.7. The van der Waals surface area contributed by atoms with E-state index >= 15 is 0 Å². The van der Waals surface area contributed by atoms with Gasteiger partial charge in [-0.15, -0.1) is 0 Å². The molecule has 0 unspecified atom stereocenters. The summed E-state index contributed by atoms with van der Waals surface area (Å²) in [6.07, 6.45) is 1.27. The van der Waals surface area contributed by atoms with Crippen LogP contribution in [0.15, 0.2) is 42.5 Å². The monoisotopic (exact) mass is 425 g/mol. The Labute approximate surface area is 181 Å². The molecule has 7 nitrogen and oxygen atoms in total. The second-order valence-corrected chi connectivity index (χ2v) is 7.55. The van der Waals surface area contributed by atoms with Crippen molar-refractivity contribution in [1.82, 2.24) is 4.90 Å². The molecule has 2 aromatic rings. The SMILES string of the molecule is CCOc1ccccc1OCC(=O)N1CCC(C(=O)c2ccc3c(c2)OCCO3)CC1. The molecule has 0 saturated carbocycles. The van der Waals surface area contributed by atoms with Crippen LogP contribution in [-0.4, -0.2) is 56.1 Å². The van der Waals surface area contributed by atoms with Gasteiger partial charge in [0.05, 0.1) is 6.61 Å². The van der Waals surface area contributed by atoms with Gasteiger partial charge in [-0.25, -0.2) is 0 Å². The third-order valence-electron chi connectivity index (χ3n) is 5.55. The Morgan fingerprint density at radius 2 is 1.65 bits per heavy atom. The van der Waals surface area contributed by atoms with Gasteiger partial charge in [-0.3, -0.25) is 9.59 Å². The van der Waals surface area contributed by atoms with Gasteiger partial charge < -0.3 is 23.8 Å². The Morgan fingerprint density at radius 3 is 2.35 bits per heavy atom. The number of nitrogens with zero attached hydrogens (tertiary/aromatic N) is 1. The first kappa shape index (κ1) is 21.0. The molecule has 1 amide bonds. The highest BCUT2D eigenvalue weighted by Crippen LogP contribution is 2.32. The fourth-order valence-electron chi connectivity index (χ4n) is 3.90. The molecule has 0 radical (unpaired) electrons. The predicted molar refractivity (Wildman–Crippen MR) is 114 cm³/mol. The number of benzene rings is 2. The maximum Gasteiger partial charge on any atom is 0.260 e. The summed E-state index contributed by atoms with van der Waals surface area (Å²) in [6.45, 7) is 4.46. The molecule has 0 atom stereocenters. The minimum Gasteiger partial charge on any atom is -0.490 e. The van der Waals surface area contributed by atoms with E-state index in [9.17, 15) is 9.59 Å². The first-order chi connectivity index (χ1) is 15.2. The van der Waals surface area contributed by atoms with Crippen LogP contribution < -0.4 is 18.9 Å². The fraction of sp³-hybridized carbons (Fsp3) is 0.417. The number of hydrogen-bond donors (Lipinski definition) is 0. The van der Waals surface area contributed by atoms with E-state index in [1.807, 2.05) is 25.1 Å². The molecule has 7 heteroatoms. The molecule has 31 heavy (non-hydrogen) atoms. The molecule has 4 rings (SSSR count). The highest BCUT2D eigenvalue weighted by Gasteiger charge is 2.29. The van der Waals surface area contributed by atoms with Crippen molar-refractivity contribution in [3.63, 3.8) is 0 Å². The molecule has 1 fully saturated rings. The standard InChI is InChI=1S/C24H27NO6/c1-2-28-19-5-3-4-6-20(19)31-16-23(26)25-11-9-17(10-12-25)24(27)18-7-8-21-22(15-18)30-14-13-29-21/h3-8,15,17H,2,9-14,16H2,1H3. The van der Waals surface area contributed by atoms with Gasteiger partial charge >= 0.3 is 0 Å². The van der Waals surface area contributed by atoms with E-state index < -0.39 is 0 Å². The lowest BCUT2D eigenvalue weighted by Gasteiger charge is -2.31. The molecular formula is C24H27NO6. The lowest BCUT2D eigenvalue weighted by molar-refractivity contribution is -0.134. The van der Waals surface area contributed by atoms with Gasteiger partial charge in [-0.2, -0.15) is 0 Å². The van der Waals surface area contributed by atoms with Gasteiger partial charge in [0.2, 0.25) is 0 Å². The van der Waals surface area contributed by atoms with Crippen molar-refractivity contribution in [2.75, 3.05) is 39.5 Å². The van der Waals surface area contributed by atoms with Crippen LogP contribution in [0.25, 0.3) is 0 Å². The van der Waals surface area contributed by atoms with Crippen molar-refractivity contribution in [2.45, 2.75) is 19.8 Å². The molecule has 0 N–H and O–H groups in total. The van der Waals surface area contributed by atoms with Crippen LogP contribution in [-0.2, 0) is 4.79 Å². The smallest absolute Gasteiger partial charge is 0.260 e. The molecule has 2 heterocycles. The molecular weight excluding hydrogens is 398 g/mol. The number of Topliss-reactive ketones (excluding diaryl/α,β-unsaturated/α-hetero) is 1. The van der Waals surface area contributed by atoms with E-state index in [1.165, 1.54) is 0 Å². The van der Waals surface area contributed by atoms with Crippen LogP contribution >= 0.6 is 0 Å². The van der Waals surface area contributed by atoms with Gasteiger partial charge in [0.25, 0.3) is 5.91 Å². The van der Waals surface area contributed by atoms with Crippen LogP contribution in [0, 0.1) is 5.92 Å². The van der Waals surface area contributed by atoms with E-state index in [2.05, 4.69) is 0 Å². The predicted octanol–water partition coefficient (Wildman–Crippen LogP) is 3.36. The number of amides is 1. The topological polar surface area (TPSA) is 74.3 Å². The molecule has 2 aliphatic heterocycles. The quantitative estimate of drug-likeness (QED) is 0.634. The molecule has 1 saturated heterocycles. The van der Waals surface area contributed by atoms with Crippen molar-refractivity contribution < 1.29 is 28.5 Å². The largest absolute Gasteiger partial charge is 0.490 e. The van der Waals surface area contributed by atoms with Crippen molar-refractivity contribution in [1.29, 1.82) is 0 Å². The summed E-state index contributed by atoms with van der Waals surface area (Å²) < 4.78 is 22.3. The van der Waals surface area contributed by atoms with Crippen molar-refractivity contribution >= 4 is 11.7 Å². The summed E-state index contributed by atoms with van der Waals surface area (Å²) >= 11 is 0. The lowest BCUT2D eigenvalue weighted by atomic mass is 9.88. The Balaban J connectivity index is 1.29. The summed E-state index contributed by atoms with van der Waals surface area (Å²) in [7, 11) is 0. The molecule has 0 bridgehead atoms. The highest BCUT2D eigenvalue weighted by molar-refractivity contribution is 5.98. The zero-order chi connectivity index (χ0) is 21.6. The summed E-state index contributed by atoms with van der Waals surface area (Å²) in [5.41, 5.74) is 0.630. The van der Waals surface area contributed by atoms with Crippen LogP contribution in [0.5, 0.6) is 23.0 Å². The second kappa shape index (κ2) is 9.73. The summed E-state index contributed by atoms with van der Waals surface area (Å²) in [5.74, 6) is 2.37. The van der Waals surface area contributed by atoms with Crippen LogP contribution in [0.3, 0.4) is 0 Å². The zero-order valence-electron chi connectivity index (χ0n) is 17.7. The number of fused-ring (bicyclic) bond motifs is 1. The minimum absolute atomic E-state index is 0.0507. The fourth-order valence-corrected chi connectivity index (χ4v) is 3.90. The average Bonchev–Trinajstić information content (AvgIpc) is 2.83. The molecule has 0 aliphatic carbocycles. The Kier molecular flexibility index (Phi) is 6.60. The van der Waals surface area contributed by atoms with Crippen LogP contribution in [0.1, 0.15) is 30.1 Å². The van der Waals surface area contributed by atoms with E-state index in [4.69, 9.17) is 18.9 Å². The van der Waals surface area contributed by atoms with Gasteiger partial charge in [0.15, 0.2) is 35.4 Å². The molecule has 2 aliphatic rings. The van der Waals surface area contributed by atoms with Crippen LogP contribution in [0.2, 0.25) is 0 Å². The second-order valence-electron chi connectivity index (χ2n) is 7.55. The van der Waals surface area contributed by atoms with Crippen LogP contribution in [0.4, 0.5) is 0 Å². The Morgan fingerprint density at radius 1 is 0.968 bits per heavy atom. The van der Waals surface area contributed by atoms with Crippen molar-refractivity contribution in [3.05, 3.63) is 48.0 Å². The number of rotatable bonds is 7. The van der Waals surface area contributed by atoms with E-state index in [0.29, 0.717) is 74.3 Å². The number of piperidine rings is 1. The van der Waals surface area contributed by atoms with Gasteiger partial charge in [-0.05, 0) is 50.1 Å². The van der Waals surface area contributed by atoms with E-state index in [1.54, 1.807) is 29.2 Å². The summed E-state index contributed by atoms with van der Waals surface area (Å²) in [4.78, 5) is 27.3. The summed E-state index contributed by atoms with van der Waals surface area (Å²) in [6, 6.07) is 12.7. The molecule has 0 spiro atoms. The molecule has 164 valence electrons. The van der Waals surface area contributed by atoms with Gasteiger partial charge in [-0.1, -0.05) is 12.1 Å². The summed E-state index contributed by atoms with van der Waals surface area (Å²) in [5, 5.41) is 0. The third-order valence-corrected chi connectivity index (χ3v) is 5.55. The van der Waals surface area contributed by atoms with Crippen molar-refractivity contribution in [2.24, 2.45) is 5.92 Å². The average molecular weight is 425 g/mol. The Bertz CT molecular complexity index is 935. The number of ketones is 1. The number of ether oxygens (including phenoxy) is 4. The van der Waals surface area contributed by atoms with E-state index in [-0.39, 0.29) is 24.2 Å². The first-order valence-electron chi connectivity index (χ1n) is 10.7. The zero-order valence-corrected chi connectivity index (χ0v) is 17.7. The lowest BCUT2D eigenvalue weighted by Crippen LogP contribution is -2.42. The number of hydrogen-bond acceptors (Lipinski definition) is 6. The number of para-hydroxylation sites is 2. The molecule has 2 aromatic carbocycles. The maximum atomic E-state index is 12.9.